The molecule has 1 heterocycles. The van der Waals surface area contributed by atoms with Crippen LogP contribution in [0.4, 0.5) is 0 Å². The van der Waals surface area contributed by atoms with Crippen LogP contribution in [-0.4, -0.2) is 15.1 Å². The fourth-order valence-corrected chi connectivity index (χ4v) is 2.27. The summed E-state index contributed by atoms with van der Waals surface area (Å²) in [5, 5.41) is 5.43. The lowest BCUT2D eigenvalue weighted by Crippen LogP contribution is -1.98. The van der Waals surface area contributed by atoms with Crippen LogP contribution in [0.25, 0.3) is 0 Å². The van der Waals surface area contributed by atoms with Gasteiger partial charge in [-0.3, -0.25) is 4.68 Å². The van der Waals surface area contributed by atoms with E-state index in [2.05, 4.69) is 37.0 Å². The molecule has 0 atom stereocenters. The normalized spacial score (nSPS) is 10.8. The number of nitrogens with zero attached hydrogens (tertiary/aromatic N) is 2. The number of rotatable bonds is 4. The Kier molecular flexibility index (Phi) is 4.46. The Labute approximate surface area is 96.0 Å². The molecule has 0 saturated heterocycles. The lowest BCUT2D eigenvalue weighted by Gasteiger charge is -2.01. The van der Waals surface area contributed by atoms with E-state index in [1.54, 1.807) is 0 Å². The van der Waals surface area contributed by atoms with Gasteiger partial charge in [0.2, 0.25) is 0 Å². The summed E-state index contributed by atoms with van der Waals surface area (Å²) in [7, 11) is 2.00. The molecule has 74 valence electrons. The topological polar surface area (TPSA) is 17.8 Å². The van der Waals surface area contributed by atoms with Gasteiger partial charge in [-0.25, -0.2) is 0 Å². The molecule has 0 bridgehead atoms. The van der Waals surface area contributed by atoms with Crippen LogP contribution in [0.1, 0.15) is 24.2 Å². The summed E-state index contributed by atoms with van der Waals surface area (Å²) in [6.07, 6.45) is 3.53. The standard InChI is InChI=1S/C9H14Br2N2/c1-7-9(11)8(13(2)12-7)5-3-4-6-10/h3-6H2,1-2H3. The van der Waals surface area contributed by atoms with E-state index in [1.807, 2.05) is 18.7 Å². The second-order valence-electron chi connectivity index (χ2n) is 3.12. The minimum absolute atomic E-state index is 1.08. The van der Waals surface area contributed by atoms with Crippen LogP contribution >= 0.6 is 31.9 Å². The average molecular weight is 310 g/mol. The van der Waals surface area contributed by atoms with E-state index in [0.29, 0.717) is 0 Å². The first-order chi connectivity index (χ1) is 6.16. The molecule has 0 N–H and O–H groups in total. The van der Waals surface area contributed by atoms with Gasteiger partial charge in [-0.1, -0.05) is 15.9 Å². The zero-order valence-corrected chi connectivity index (χ0v) is 11.2. The van der Waals surface area contributed by atoms with Crippen molar-refractivity contribution in [3.8, 4) is 0 Å². The highest BCUT2D eigenvalue weighted by Crippen LogP contribution is 2.21. The van der Waals surface area contributed by atoms with E-state index in [1.165, 1.54) is 23.0 Å². The molecule has 1 aromatic rings. The Hall–Kier alpha value is 0.170. The molecule has 13 heavy (non-hydrogen) atoms. The van der Waals surface area contributed by atoms with Crippen LogP contribution in [-0.2, 0) is 13.5 Å². The van der Waals surface area contributed by atoms with Crippen molar-refractivity contribution >= 4 is 31.9 Å². The number of aromatic nitrogens is 2. The Morgan fingerprint density at radius 3 is 2.54 bits per heavy atom. The third kappa shape index (κ3) is 2.81. The van der Waals surface area contributed by atoms with Crippen molar-refractivity contribution in [2.24, 2.45) is 7.05 Å². The van der Waals surface area contributed by atoms with E-state index >= 15 is 0 Å². The zero-order valence-electron chi connectivity index (χ0n) is 7.98. The Balaban J connectivity index is 2.64. The van der Waals surface area contributed by atoms with E-state index in [9.17, 15) is 0 Å². The fourth-order valence-electron chi connectivity index (χ4n) is 1.34. The van der Waals surface area contributed by atoms with Gasteiger partial charge in [-0.2, -0.15) is 5.10 Å². The lowest BCUT2D eigenvalue weighted by atomic mass is 10.2. The second kappa shape index (κ2) is 5.15. The van der Waals surface area contributed by atoms with Crippen molar-refractivity contribution in [2.75, 3.05) is 5.33 Å². The molecule has 0 radical (unpaired) electrons. The molecule has 0 amide bonds. The largest absolute Gasteiger partial charge is 0.271 e. The van der Waals surface area contributed by atoms with Gasteiger partial charge in [0.25, 0.3) is 0 Å². The number of aryl methyl sites for hydroxylation is 2. The summed E-state index contributed by atoms with van der Waals surface area (Å²) < 4.78 is 3.14. The maximum atomic E-state index is 4.35. The first-order valence-corrected chi connectivity index (χ1v) is 6.32. The summed E-state index contributed by atoms with van der Waals surface area (Å²) in [5.41, 5.74) is 2.38. The monoisotopic (exact) mass is 308 g/mol. The molecule has 0 aliphatic heterocycles. The van der Waals surface area contributed by atoms with Crippen LogP contribution in [0.15, 0.2) is 4.47 Å². The molecule has 0 unspecified atom stereocenters. The molecule has 0 aliphatic rings. The first-order valence-electron chi connectivity index (χ1n) is 4.40. The molecule has 0 aromatic carbocycles. The third-order valence-electron chi connectivity index (χ3n) is 2.06. The molecule has 0 saturated carbocycles. The van der Waals surface area contributed by atoms with Crippen molar-refractivity contribution < 1.29 is 0 Å². The fraction of sp³-hybridized carbons (Fsp3) is 0.667. The first kappa shape index (κ1) is 11.2. The minimum atomic E-state index is 1.08. The second-order valence-corrected chi connectivity index (χ2v) is 4.70. The summed E-state index contributed by atoms with van der Waals surface area (Å²) in [5.74, 6) is 0. The van der Waals surface area contributed by atoms with Crippen molar-refractivity contribution in [1.82, 2.24) is 9.78 Å². The van der Waals surface area contributed by atoms with Crippen LogP contribution in [0, 0.1) is 6.92 Å². The molecule has 0 fully saturated rings. The Morgan fingerprint density at radius 1 is 1.38 bits per heavy atom. The zero-order chi connectivity index (χ0) is 9.84. The summed E-state index contributed by atoms with van der Waals surface area (Å²) in [6.45, 7) is 2.03. The van der Waals surface area contributed by atoms with Crippen LogP contribution in [0.2, 0.25) is 0 Å². The highest BCUT2D eigenvalue weighted by Gasteiger charge is 2.09. The molecule has 1 aromatic heterocycles. The third-order valence-corrected chi connectivity index (χ3v) is 3.65. The van der Waals surface area contributed by atoms with Crippen LogP contribution in [0.3, 0.4) is 0 Å². The van der Waals surface area contributed by atoms with Crippen molar-refractivity contribution in [2.45, 2.75) is 26.2 Å². The van der Waals surface area contributed by atoms with Crippen LogP contribution < -0.4 is 0 Å². The van der Waals surface area contributed by atoms with Gasteiger partial charge in [0.1, 0.15) is 0 Å². The average Bonchev–Trinajstić information content (AvgIpc) is 2.32. The number of unbranched alkanes of at least 4 members (excludes halogenated alkanes) is 1. The van der Waals surface area contributed by atoms with E-state index in [4.69, 9.17) is 0 Å². The molecular weight excluding hydrogens is 296 g/mol. The van der Waals surface area contributed by atoms with Gasteiger partial charge >= 0.3 is 0 Å². The SMILES string of the molecule is Cc1nn(C)c(CCCCBr)c1Br. The maximum Gasteiger partial charge on any atom is 0.0738 e. The smallest absolute Gasteiger partial charge is 0.0738 e. The number of halogens is 2. The number of hydrogen-bond donors (Lipinski definition) is 0. The van der Waals surface area contributed by atoms with E-state index in [-0.39, 0.29) is 0 Å². The maximum absolute atomic E-state index is 4.35. The van der Waals surface area contributed by atoms with Gasteiger partial charge in [0.15, 0.2) is 0 Å². The summed E-state index contributed by atoms with van der Waals surface area (Å²) in [4.78, 5) is 0. The van der Waals surface area contributed by atoms with Crippen LogP contribution in [0.5, 0.6) is 0 Å². The van der Waals surface area contributed by atoms with Crippen molar-refractivity contribution in [3.05, 3.63) is 15.9 Å². The molecular formula is C9H14Br2N2. The number of alkyl halides is 1. The molecule has 0 spiro atoms. The van der Waals surface area contributed by atoms with Crippen molar-refractivity contribution in [1.29, 1.82) is 0 Å². The Morgan fingerprint density at radius 2 is 2.08 bits per heavy atom. The molecule has 4 heteroatoms. The molecule has 1 rings (SSSR count). The molecule has 0 aliphatic carbocycles. The highest BCUT2D eigenvalue weighted by atomic mass is 79.9. The summed E-state index contributed by atoms with van der Waals surface area (Å²) in [6, 6.07) is 0. The summed E-state index contributed by atoms with van der Waals surface area (Å²) >= 11 is 6.99. The number of hydrogen-bond acceptors (Lipinski definition) is 1. The van der Waals surface area contributed by atoms with Gasteiger partial charge in [0.05, 0.1) is 15.9 Å². The van der Waals surface area contributed by atoms with E-state index in [0.717, 1.165) is 17.4 Å². The highest BCUT2D eigenvalue weighted by molar-refractivity contribution is 9.10. The lowest BCUT2D eigenvalue weighted by molar-refractivity contribution is 0.674. The Bertz CT molecular complexity index is 281. The quantitative estimate of drug-likeness (QED) is 0.617. The predicted octanol–water partition coefficient (Wildman–Crippen LogP) is 3.21. The van der Waals surface area contributed by atoms with Crippen molar-refractivity contribution in [3.63, 3.8) is 0 Å². The van der Waals surface area contributed by atoms with Gasteiger partial charge in [-0.15, -0.1) is 0 Å². The van der Waals surface area contributed by atoms with Gasteiger partial charge in [0, 0.05) is 12.4 Å². The minimum Gasteiger partial charge on any atom is -0.271 e. The van der Waals surface area contributed by atoms with Gasteiger partial charge in [-0.05, 0) is 42.1 Å². The molecule has 2 nitrogen and oxygen atoms in total. The van der Waals surface area contributed by atoms with Gasteiger partial charge < -0.3 is 0 Å². The van der Waals surface area contributed by atoms with E-state index < -0.39 is 0 Å². The predicted molar refractivity (Wildman–Crippen MR) is 62.4 cm³/mol.